The van der Waals surface area contributed by atoms with Gasteiger partial charge in [0, 0.05) is 24.5 Å². The van der Waals surface area contributed by atoms with E-state index in [0.29, 0.717) is 23.6 Å². The Morgan fingerprint density at radius 2 is 2.04 bits per heavy atom. The first kappa shape index (κ1) is 18.4. The first-order valence-electron chi connectivity index (χ1n) is 8.88. The second-order valence-corrected chi connectivity index (χ2v) is 6.87. The summed E-state index contributed by atoms with van der Waals surface area (Å²) in [7, 11) is 0. The van der Waals surface area contributed by atoms with Crippen molar-refractivity contribution in [1.29, 1.82) is 0 Å². The Bertz CT molecular complexity index is 996. The number of fused-ring (bicyclic) bond motifs is 2. The van der Waals surface area contributed by atoms with Crippen molar-refractivity contribution in [2.75, 3.05) is 22.2 Å². The fourth-order valence-corrected chi connectivity index (χ4v) is 3.20. The number of hydrazine groups is 1. The number of anilines is 4. The summed E-state index contributed by atoms with van der Waals surface area (Å²) in [5.74, 6) is 0.339. The molecule has 0 saturated carbocycles. The number of benzene rings is 1. The topological polar surface area (TPSA) is 80.9 Å². The summed E-state index contributed by atoms with van der Waals surface area (Å²) in [6, 6.07) is 7.83. The van der Waals surface area contributed by atoms with E-state index in [1.54, 1.807) is 12.3 Å². The lowest BCUT2D eigenvalue weighted by atomic mass is 10.1. The number of nitrogens with one attached hydrogen (secondary N) is 4. The van der Waals surface area contributed by atoms with E-state index in [0.717, 1.165) is 16.9 Å². The molecular weight excluding hydrogens is 371 g/mol. The zero-order valence-corrected chi connectivity index (χ0v) is 15.4. The highest BCUT2D eigenvalue weighted by Crippen LogP contribution is 2.31. The number of hydrogen-bond donors (Lipinski definition) is 4. The van der Waals surface area contributed by atoms with Crippen molar-refractivity contribution in [3.63, 3.8) is 0 Å². The van der Waals surface area contributed by atoms with Gasteiger partial charge in [-0.1, -0.05) is 0 Å². The molecule has 3 aromatic rings. The Balaban J connectivity index is 1.60. The quantitative estimate of drug-likeness (QED) is 0.528. The number of aromatic nitrogens is 3. The lowest BCUT2D eigenvalue weighted by Gasteiger charge is -2.23. The van der Waals surface area contributed by atoms with Crippen LogP contribution in [0.4, 0.5) is 36.3 Å². The number of rotatable bonds is 5. The van der Waals surface area contributed by atoms with Crippen molar-refractivity contribution in [3.05, 3.63) is 36.0 Å². The van der Waals surface area contributed by atoms with Crippen LogP contribution < -0.4 is 21.1 Å². The van der Waals surface area contributed by atoms with E-state index >= 15 is 0 Å². The molecule has 0 spiro atoms. The van der Waals surface area contributed by atoms with Crippen molar-refractivity contribution in [2.45, 2.75) is 32.6 Å². The Hall–Kier alpha value is -3.01. The van der Waals surface area contributed by atoms with Gasteiger partial charge in [0.05, 0.1) is 11.1 Å². The summed E-state index contributed by atoms with van der Waals surface area (Å²) < 4.78 is 37.8. The Labute approximate surface area is 159 Å². The second-order valence-electron chi connectivity index (χ2n) is 6.87. The lowest BCUT2D eigenvalue weighted by Crippen LogP contribution is -2.37. The predicted octanol–water partition coefficient (Wildman–Crippen LogP) is 3.91. The third-order valence-electron chi connectivity index (χ3n) is 4.42. The average molecular weight is 391 g/mol. The molecule has 0 saturated heterocycles. The van der Waals surface area contributed by atoms with Gasteiger partial charge in [-0.15, -0.1) is 0 Å². The number of aromatic amines is 1. The summed E-state index contributed by atoms with van der Waals surface area (Å²) in [6.45, 7) is 3.74. The summed E-state index contributed by atoms with van der Waals surface area (Å²) in [5, 5.41) is 8.03. The molecule has 1 aromatic carbocycles. The first-order valence-corrected chi connectivity index (χ1v) is 8.88. The van der Waals surface area contributed by atoms with E-state index in [2.05, 4.69) is 49.9 Å². The van der Waals surface area contributed by atoms with Crippen molar-refractivity contribution in [1.82, 2.24) is 20.4 Å². The van der Waals surface area contributed by atoms with Crippen LogP contribution in [0.1, 0.15) is 19.4 Å². The fraction of sp³-hybridized carbons (Fsp3) is 0.333. The van der Waals surface area contributed by atoms with Gasteiger partial charge >= 0.3 is 6.18 Å². The predicted molar refractivity (Wildman–Crippen MR) is 103 cm³/mol. The number of alkyl halides is 3. The molecule has 0 bridgehead atoms. The summed E-state index contributed by atoms with van der Waals surface area (Å²) >= 11 is 0. The summed E-state index contributed by atoms with van der Waals surface area (Å²) in [5.41, 5.74) is 6.77. The maximum atomic E-state index is 12.6. The molecule has 0 atom stereocenters. The van der Waals surface area contributed by atoms with Crippen LogP contribution in [0.5, 0.6) is 0 Å². The van der Waals surface area contributed by atoms with Crippen molar-refractivity contribution < 1.29 is 13.2 Å². The van der Waals surface area contributed by atoms with Gasteiger partial charge in [-0.05, 0) is 43.7 Å². The molecule has 1 aliphatic heterocycles. The minimum absolute atomic E-state index is 0.125. The van der Waals surface area contributed by atoms with E-state index in [1.807, 2.05) is 18.2 Å². The normalized spacial score (nSPS) is 14.0. The highest BCUT2D eigenvalue weighted by atomic mass is 19.4. The minimum atomic E-state index is -4.34. The molecule has 1 aliphatic rings. The molecule has 0 amide bonds. The molecule has 0 aliphatic carbocycles. The molecule has 0 radical (unpaired) electrons. The molecule has 0 unspecified atom stereocenters. The first-order chi connectivity index (χ1) is 13.3. The second kappa shape index (κ2) is 6.86. The highest BCUT2D eigenvalue weighted by molar-refractivity contribution is 5.88. The molecule has 148 valence electrons. The van der Waals surface area contributed by atoms with Gasteiger partial charge in [0.15, 0.2) is 0 Å². The van der Waals surface area contributed by atoms with Gasteiger partial charge in [-0.3, -0.25) is 0 Å². The lowest BCUT2D eigenvalue weighted by molar-refractivity contribution is -0.115. The Morgan fingerprint density at radius 1 is 1.21 bits per heavy atom. The monoisotopic (exact) mass is 391 g/mol. The number of H-pyrrole nitrogens is 1. The molecule has 7 nitrogen and oxygen atoms in total. The van der Waals surface area contributed by atoms with Gasteiger partial charge in [0.2, 0.25) is 5.95 Å². The van der Waals surface area contributed by atoms with E-state index in [9.17, 15) is 13.2 Å². The van der Waals surface area contributed by atoms with Gasteiger partial charge in [0.1, 0.15) is 18.0 Å². The number of nitrogens with zero attached hydrogens (tertiary/aromatic N) is 3. The van der Waals surface area contributed by atoms with Crippen LogP contribution in [0.3, 0.4) is 0 Å². The van der Waals surface area contributed by atoms with Gasteiger partial charge < -0.3 is 20.6 Å². The smallest absolute Gasteiger partial charge is 0.360 e. The highest BCUT2D eigenvalue weighted by Gasteiger charge is 2.27. The zero-order valence-electron chi connectivity index (χ0n) is 15.4. The van der Waals surface area contributed by atoms with Gasteiger partial charge in [0.25, 0.3) is 0 Å². The van der Waals surface area contributed by atoms with Crippen LogP contribution >= 0.6 is 0 Å². The summed E-state index contributed by atoms with van der Waals surface area (Å²) in [6.07, 6.45) is -2.72. The van der Waals surface area contributed by atoms with Crippen LogP contribution in [0.15, 0.2) is 30.5 Å². The Kier molecular flexibility index (Phi) is 4.50. The number of hydrogen-bond acceptors (Lipinski definition) is 6. The van der Waals surface area contributed by atoms with E-state index in [-0.39, 0.29) is 11.8 Å². The number of halogens is 3. The molecule has 4 rings (SSSR count). The third-order valence-corrected chi connectivity index (χ3v) is 4.42. The maximum absolute atomic E-state index is 12.6. The Morgan fingerprint density at radius 3 is 2.79 bits per heavy atom. The van der Waals surface area contributed by atoms with Crippen LogP contribution in [0.2, 0.25) is 0 Å². The minimum Gasteiger partial charge on any atom is -0.360 e. The van der Waals surface area contributed by atoms with Crippen LogP contribution in [0.25, 0.3) is 11.0 Å². The van der Waals surface area contributed by atoms with Crippen molar-refractivity contribution in [2.24, 2.45) is 0 Å². The fourth-order valence-electron chi connectivity index (χ4n) is 3.20. The van der Waals surface area contributed by atoms with Crippen molar-refractivity contribution in [3.8, 4) is 0 Å². The van der Waals surface area contributed by atoms with Gasteiger partial charge in [-0.2, -0.15) is 23.1 Å². The zero-order chi connectivity index (χ0) is 19.9. The van der Waals surface area contributed by atoms with Crippen LogP contribution in [-0.2, 0) is 6.54 Å². The van der Waals surface area contributed by atoms with E-state index in [4.69, 9.17) is 0 Å². The van der Waals surface area contributed by atoms with Crippen LogP contribution in [-0.4, -0.2) is 33.7 Å². The maximum Gasteiger partial charge on any atom is 0.405 e. The van der Waals surface area contributed by atoms with Crippen molar-refractivity contribution >= 4 is 34.2 Å². The third kappa shape index (κ3) is 3.68. The standard InChI is InChI=1S/C18H20F3N7/c1-10(2)28-14-4-3-12(7-11(14)8-24-28)25-17-26-15-13(5-6-22-15)16(27-17)23-9-18(19,20)21/h3-7,10,24H,8-9H2,1-2H3,(H3,22,23,25,26,27). The SMILES string of the molecule is CC(C)N1NCc2cc(Nc3nc(NCC(F)(F)F)c4cc[nH]c4n3)ccc21. The molecule has 3 heterocycles. The molecule has 10 heteroatoms. The molecule has 28 heavy (non-hydrogen) atoms. The van der Waals surface area contributed by atoms with E-state index in [1.165, 1.54) is 0 Å². The largest absolute Gasteiger partial charge is 0.405 e. The van der Waals surface area contributed by atoms with Gasteiger partial charge in [-0.25, -0.2) is 5.43 Å². The summed E-state index contributed by atoms with van der Waals surface area (Å²) in [4.78, 5) is 11.5. The molecule has 4 N–H and O–H groups in total. The van der Waals surface area contributed by atoms with E-state index < -0.39 is 12.7 Å². The molecule has 0 fully saturated rings. The molecule has 2 aromatic heterocycles. The average Bonchev–Trinajstić information content (AvgIpc) is 3.25. The van der Waals surface area contributed by atoms with Crippen LogP contribution in [0, 0.1) is 0 Å². The molecular formula is C18H20F3N7.